The van der Waals surface area contributed by atoms with Crippen molar-refractivity contribution >= 4 is 11.6 Å². The van der Waals surface area contributed by atoms with Gasteiger partial charge in [-0.1, -0.05) is 0 Å². The van der Waals surface area contributed by atoms with Gasteiger partial charge in [0.2, 0.25) is 5.91 Å². The van der Waals surface area contributed by atoms with Crippen LogP contribution in [0.25, 0.3) is 0 Å². The maximum absolute atomic E-state index is 10.9. The second-order valence-electron chi connectivity index (χ2n) is 4.81. The van der Waals surface area contributed by atoms with Crippen molar-refractivity contribution in [3.8, 4) is 0 Å². The Morgan fingerprint density at radius 1 is 1.39 bits per heavy atom. The summed E-state index contributed by atoms with van der Waals surface area (Å²) in [4.78, 5) is 17.5. The van der Waals surface area contributed by atoms with E-state index in [0.29, 0.717) is 18.9 Å². The molecule has 0 atom stereocenters. The van der Waals surface area contributed by atoms with Crippen LogP contribution in [0.4, 0.5) is 5.69 Å². The minimum Gasteiger partial charge on any atom is -0.370 e. The molecule has 0 aliphatic carbocycles. The van der Waals surface area contributed by atoms with E-state index in [4.69, 9.17) is 11.5 Å². The SMILES string of the molecule is NCc1ccc(N2CCC(CC(N)=O)CC2)cn1. The molecule has 0 unspecified atom stereocenters. The molecular weight excluding hydrogens is 228 g/mol. The molecule has 98 valence electrons. The average molecular weight is 248 g/mol. The predicted octanol–water partition coefficient (Wildman–Crippen LogP) is 0.632. The molecule has 2 rings (SSSR count). The summed E-state index contributed by atoms with van der Waals surface area (Å²) >= 11 is 0. The lowest BCUT2D eigenvalue weighted by Gasteiger charge is -2.33. The first-order chi connectivity index (χ1) is 8.69. The standard InChI is InChI=1S/C13H20N4O/c14-8-11-1-2-12(9-16-11)17-5-3-10(4-6-17)7-13(15)18/h1-2,9-10H,3-8,14H2,(H2,15,18). The van der Waals surface area contributed by atoms with E-state index >= 15 is 0 Å². The minimum absolute atomic E-state index is 0.192. The Labute approximate surface area is 107 Å². The molecule has 1 aliphatic rings. The number of aromatic nitrogens is 1. The molecule has 18 heavy (non-hydrogen) atoms. The number of nitrogens with zero attached hydrogens (tertiary/aromatic N) is 2. The van der Waals surface area contributed by atoms with Gasteiger partial charge in [-0.25, -0.2) is 0 Å². The Bertz CT molecular complexity index is 396. The van der Waals surface area contributed by atoms with E-state index in [-0.39, 0.29) is 5.91 Å². The van der Waals surface area contributed by atoms with Crippen molar-refractivity contribution in [3.05, 3.63) is 24.0 Å². The van der Waals surface area contributed by atoms with Crippen LogP contribution in [-0.2, 0) is 11.3 Å². The van der Waals surface area contributed by atoms with Gasteiger partial charge in [-0.15, -0.1) is 0 Å². The van der Waals surface area contributed by atoms with Crippen molar-refractivity contribution < 1.29 is 4.79 Å². The number of carbonyl (C=O) groups excluding carboxylic acids is 1. The highest BCUT2D eigenvalue weighted by molar-refractivity contribution is 5.74. The summed E-state index contributed by atoms with van der Waals surface area (Å²) in [5.41, 5.74) is 12.8. The fourth-order valence-corrected chi connectivity index (χ4v) is 2.40. The van der Waals surface area contributed by atoms with Crippen molar-refractivity contribution in [2.24, 2.45) is 17.4 Å². The van der Waals surface area contributed by atoms with Crippen LogP contribution in [0.5, 0.6) is 0 Å². The highest BCUT2D eigenvalue weighted by atomic mass is 16.1. The van der Waals surface area contributed by atoms with E-state index in [9.17, 15) is 4.79 Å². The number of primary amides is 1. The molecule has 0 saturated carbocycles. The van der Waals surface area contributed by atoms with Crippen LogP contribution in [0.2, 0.25) is 0 Å². The summed E-state index contributed by atoms with van der Waals surface area (Å²) in [5.74, 6) is 0.248. The number of piperidine rings is 1. The highest BCUT2D eigenvalue weighted by Crippen LogP contribution is 2.24. The second-order valence-corrected chi connectivity index (χ2v) is 4.81. The quantitative estimate of drug-likeness (QED) is 0.818. The molecule has 1 amide bonds. The van der Waals surface area contributed by atoms with Crippen molar-refractivity contribution in [1.29, 1.82) is 0 Å². The van der Waals surface area contributed by atoms with Crippen LogP contribution in [0, 0.1) is 5.92 Å². The Morgan fingerprint density at radius 2 is 2.11 bits per heavy atom. The topological polar surface area (TPSA) is 85.2 Å². The summed E-state index contributed by atoms with van der Waals surface area (Å²) in [7, 11) is 0. The van der Waals surface area contributed by atoms with Crippen LogP contribution in [0.3, 0.4) is 0 Å². The largest absolute Gasteiger partial charge is 0.370 e. The molecule has 4 N–H and O–H groups in total. The molecular formula is C13H20N4O. The number of nitrogens with two attached hydrogens (primary N) is 2. The lowest BCUT2D eigenvalue weighted by molar-refractivity contribution is -0.119. The van der Waals surface area contributed by atoms with E-state index in [1.54, 1.807) is 0 Å². The predicted molar refractivity (Wildman–Crippen MR) is 70.9 cm³/mol. The Morgan fingerprint density at radius 3 is 2.61 bits per heavy atom. The van der Waals surface area contributed by atoms with E-state index in [0.717, 1.165) is 37.3 Å². The first kappa shape index (κ1) is 12.8. The van der Waals surface area contributed by atoms with Crippen LogP contribution in [-0.4, -0.2) is 24.0 Å². The van der Waals surface area contributed by atoms with Crippen LogP contribution in [0.1, 0.15) is 25.0 Å². The Balaban J connectivity index is 1.90. The third-order valence-electron chi connectivity index (χ3n) is 3.49. The number of rotatable bonds is 4. The van der Waals surface area contributed by atoms with Gasteiger partial charge in [0.05, 0.1) is 17.6 Å². The third-order valence-corrected chi connectivity index (χ3v) is 3.49. The van der Waals surface area contributed by atoms with Crippen molar-refractivity contribution in [3.63, 3.8) is 0 Å². The summed E-state index contributed by atoms with van der Waals surface area (Å²) < 4.78 is 0. The number of carbonyl (C=O) groups is 1. The van der Waals surface area contributed by atoms with Gasteiger partial charge in [0.15, 0.2) is 0 Å². The zero-order valence-electron chi connectivity index (χ0n) is 10.5. The van der Waals surface area contributed by atoms with Crippen molar-refractivity contribution in [2.75, 3.05) is 18.0 Å². The molecule has 1 aliphatic heterocycles. The summed E-state index contributed by atoms with van der Waals surface area (Å²) in [6.45, 7) is 2.39. The summed E-state index contributed by atoms with van der Waals surface area (Å²) in [6.07, 6.45) is 4.41. The molecule has 1 aromatic heterocycles. The lowest BCUT2D eigenvalue weighted by atomic mass is 9.93. The fraction of sp³-hybridized carbons (Fsp3) is 0.538. The summed E-state index contributed by atoms with van der Waals surface area (Å²) in [6, 6.07) is 4.02. The van der Waals surface area contributed by atoms with Gasteiger partial charge >= 0.3 is 0 Å². The van der Waals surface area contributed by atoms with Gasteiger partial charge in [-0.3, -0.25) is 9.78 Å². The first-order valence-electron chi connectivity index (χ1n) is 6.37. The number of anilines is 1. The maximum Gasteiger partial charge on any atom is 0.217 e. The molecule has 1 saturated heterocycles. The highest BCUT2D eigenvalue weighted by Gasteiger charge is 2.20. The fourth-order valence-electron chi connectivity index (χ4n) is 2.40. The van der Waals surface area contributed by atoms with Crippen molar-refractivity contribution in [2.45, 2.75) is 25.8 Å². The van der Waals surface area contributed by atoms with E-state index in [1.807, 2.05) is 12.3 Å². The van der Waals surface area contributed by atoms with Gasteiger partial charge in [0, 0.05) is 26.1 Å². The van der Waals surface area contributed by atoms with Crippen molar-refractivity contribution in [1.82, 2.24) is 4.98 Å². The molecule has 0 bridgehead atoms. The molecule has 0 spiro atoms. The zero-order chi connectivity index (χ0) is 13.0. The molecule has 5 nitrogen and oxygen atoms in total. The number of hydrogen-bond donors (Lipinski definition) is 2. The van der Waals surface area contributed by atoms with E-state index < -0.39 is 0 Å². The molecule has 5 heteroatoms. The van der Waals surface area contributed by atoms with Gasteiger partial charge < -0.3 is 16.4 Å². The van der Waals surface area contributed by atoms with Gasteiger partial charge in [-0.2, -0.15) is 0 Å². The Kier molecular flexibility index (Phi) is 4.15. The van der Waals surface area contributed by atoms with E-state index in [1.165, 1.54) is 0 Å². The van der Waals surface area contributed by atoms with Gasteiger partial charge in [0.1, 0.15) is 0 Å². The zero-order valence-corrected chi connectivity index (χ0v) is 10.5. The normalized spacial score (nSPS) is 16.8. The molecule has 1 aromatic rings. The number of amides is 1. The molecule has 0 aromatic carbocycles. The molecule has 1 fully saturated rings. The van der Waals surface area contributed by atoms with Gasteiger partial charge in [-0.05, 0) is 30.9 Å². The third kappa shape index (κ3) is 3.20. The lowest BCUT2D eigenvalue weighted by Crippen LogP contribution is -2.35. The van der Waals surface area contributed by atoms with Gasteiger partial charge in [0.25, 0.3) is 0 Å². The van der Waals surface area contributed by atoms with Crippen LogP contribution < -0.4 is 16.4 Å². The first-order valence-corrected chi connectivity index (χ1v) is 6.37. The average Bonchev–Trinajstić information content (AvgIpc) is 2.39. The number of pyridine rings is 1. The minimum atomic E-state index is -0.192. The monoisotopic (exact) mass is 248 g/mol. The second kappa shape index (κ2) is 5.82. The smallest absolute Gasteiger partial charge is 0.217 e. The van der Waals surface area contributed by atoms with Crippen LogP contribution >= 0.6 is 0 Å². The molecule has 2 heterocycles. The Hall–Kier alpha value is -1.62. The molecule has 0 radical (unpaired) electrons. The van der Waals surface area contributed by atoms with E-state index in [2.05, 4.69) is 16.0 Å². The van der Waals surface area contributed by atoms with Crippen LogP contribution in [0.15, 0.2) is 18.3 Å². The maximum atomic E-state index is 10.9. The number of hydrogen-bond acceptors (Lipinski definition) is 4. The summed E-state index contributed by atoms with van der Waals surface area (Å²) in [5, 5.41) is 0.